The summed E-state index contributed by atoms with van der Waals surface area (Å²) in [5, 5.41) is 11.8. The SMILES string of the molecule is c1cnc2c(c1)cc(-c1cc(-c3ccc4c5ccccc5c5ccccc5c4c3)cc(-c3cc4cccnc4c4ncccc34)c1)c1cccnc12. The Hall–Kier alpha value is -7.04. The van der Waals surface area contributed by atoms with Crippen LogP contribution in [0.2, 0.25) is 0 Å². The molecule has 4 aromatic heterocycles. The maximum atomic E-state index is 4.84. The Labute approximate surface area is 298 Å². The first kappa shape index (κ1) is 28.8. The minimum atomic E-state index is 0.901. The molecule has 0 bridgehead atoms. The molecule has 0 saturated heterocycles. The van der Waals surface area contributed by atoms with E-state index in [4.69, 9.17) is 19.9 Å². The summed E-state index contributed by atoms with van der Waals surface area (Å²) in [7, 11) is 0. The highest BCUT2D eigenvalue weighted by atomic mass is 14.7. The minimum Gasteiger partial charge on any atom is -0.254 e. The molecule has 7 aromatic carbocycles. The third kappa shape index (κ3) is 4.34. The van der Waals surface area contributed by atoms with Crippen molar-refractivity contribution in [3.05, 3.63) is 170 Å². The van der Waals surface area contributed by atoms with Crippen molar-refractivity contribution in [1.82, 2.24) is 19.9 Å². The van der Waals surface area contributed by atoms with Gasteiger partial charge in [0.25, 0.3) is 0 Å². The van der Waals surface area contributed by atoms with E-state index in [2.05, 4.69) is 121 Å². The number of benzene rings is 7. The second-order valence-corrected chi connectivity index (χ2v) is 13.4. The highest BCUT2D eigenvalue weighted by molar-refractivity contribution is 6.26. The van der Waals surface area contributed by atoms with Crippen LogP contribution in [0, 0.1) is 0 Å². The van der Waals surface area contributed by atoms with Gasteiger partial charge in [0.1, 0.15) is 0 Å². The van der Waals surface area contributed by atoms with Gasteiger partial charge in [0.05, 0.1) is 22.1 Å². The van der Waals surface area contributed by atoms with E-state index in [9.17, 15) is 0 Å². The topological polar surface area (TPSA) is 51.6 Å². The maximum Gasteiger partial charge on any atom is 0.0970 e. The molecule has 0 aliphatic rings. The van der Waals surface area contributed by atoms with E-state index < -0.39 is 0 Å². The Kier molecular flexibility index (Phi) is 6.22. The molecule has 11 aromatic rings. The first-order chi connectivity index (χ1) is 25.8. The Balaban J connectivity index is 1.24. The summed E-state index contributed by atoms with van der Waals surface area (Å²) < 4.78 is 0. The van der Waals surface area contributed by atoms with Gasteiger partial charge < -0.3 is 0 Å². The van der Waals surface area contributed by atoms with Crippen molar-refractivity contribution in [2.45, 2.75) is 0 Å². The van der Waals surface area contributed by atoms with Crippen molar-refractivity contribution in [3.63, 3.8) is 0 Å². The average molecular weight is 661 g/mol. The Morgan fingerprint density at radius 3 is 1.17 bits per heavy atom. The fraction of sp³-hybridized carbons (Fsp3) is 0. The monoisotopic (exact) mass is 660 g/mol. The molecular weight excluding hydrogens is 633 g/mol. The van der Waals surface area contributed by atoms with Crippen molar-refractivity contribution in [1.29, 1.82) is 0 Å². The van der Waals surface area contributed by atoms with Gasteiger partial charge in [0, 0.05) is 46.3 Å². The molecule has 0 atom stereocenters. The van der Waals surface area contributed by atoms with Crippen LogP contribution in [-0.2, 0) is 0 Å². The summed E-state index contributed by atoms with van der Waals surface area (Å²) in [5.41, 5.74) is 10.4. The summed E-state index contributed by atoms with van der Waals surface area (Å²) in [6.45, 7) is 0. The lowest BCUT2D eigenvalue weighted by Gasteiger charge is -2.16. The van der Waals surface area contributed by atoms with Crippen LogP contribution < -0.4 is 0 Å². The van der Waals surface area contributed by atoms with Gasteiger partial charge in [-0.2, -0.15) is 0 Å². The average Bonchev–Trinajstić information content (AvgIpc) is 3.23. The van der Waals surface area contributed by atoms with Crippen LogP contribution in [0.1, 0.15) is 0 Å². The predicted molar refractivity (Wildman–Crippen MR) is 216 cm³/mol. The highest BCUT2D eigenvalue weighted by Gasteiger charge is 2.17. The number of pyridine rings is 4. The van der Waals surface area contributed by atoms with Gasteiger partial charge in [-0.05, 0) is 126 Å². The minimum absolute atomic E-state index is 0.901. The smallest absolute Gasteiger partial charge is 0.0970 e. The van der Waals surface area contributed by atoms with Gasteiger partial charge in [0.2, 0.25) is 0 Å². The van der Waals surface area contributed by atoms with Crippen LogP contribution in [0.4, 0.5) is 0 Å². The quantitative estimate of drug-likeness (QED) is 0.177. The lowest BCUT2D eigenvalue weighted by atomic mass is 9.88. The van der Waals surface area contributed by atoms with E-state index in [1.807, 2.05) is 49.1 Å². The number of hydrogen-bond acceptors (Lipinski definition) is 4. The highest BCUT2D eigenvalue weighted by Crippen LogP contribution is 2.42. The van der Waals surface area contributed by atoms with Gasteiger partial charge in [-0.1, -0.05) is 84.9 Å². The van der Waals surface area contributed by atoms with Crippen LogP contribution in [0.3, 0.4) is 0 Å². The van der Waals surface area contributed by atoms with Gasteiger partial charge in [-0.15, -0.1) is 0 Å². The molecule has 0 amide bonds. The van der Waals surface area contributed by atoms with Crippen molar-refractivity contribution in [3.8, 4) is 33.4 Å². The van der Waals surface area contributed by atoms with Crippen molar-refractivity contribution >= 4 is 75.9 Å². The van der Waals surface area contributed by atoms with Gasteiger partial charge in [-0.3, -0.25) is 19.9 Å². The van der Waals surface area contributed by atoms with Gasteiger partial charge >= 0.3 is 0 Å². The number of rotatable bonds is 3. The second-order valence-electron chi connectivity index (χ2n) is 13.4. The molecule has 0 N–H and O–H groups in total. The van der Waals surface area contributed by atoms with Crippen LogP contribution in [-0.4, -0.2) is 19.9 Å². The van der Waals surface area contributed by atoms with Crippen LogP contribution in [0.5, 0.6) is 0 Å². The molecule has 0 aliphatic carbocycles. The summed E-state index contributed by atoms with van der Waals surface area (Å²) in [5.74, 6) is 0. The zero-order valence-electron chi connectivity index (χ0n) is 28.0. The van der Waals surface area contributed by atoms with E-state index in [-0.39, 0.29) is 0 Å². The molecule has 0 spiro atoms. The first-order valence-electron chi connectivity index (χ1n) is 17.5. The second kappa shape index (κ2) is 11.2. The standard InChI is InChI=1S/C48H28N4/c1-2-13-37-35(11-1)36-12-3-4-14-38(36)44-26-29(17-18-39(37)44)32-23-33(42-27-30-9-5-19-49-45(30)47-40(42)15-7-21-51-47)25-34(24-32)43-28-31-10-6-20-50-46(31)48-41(43)16-8-22-52-48/h1-28H. The van der Waals surface area contributed by atoms with Crippen molar-refractivity contribution in [2.24, 2.45) is 0 Å². The summed E-state index contributed by atoms with van der Waals surface area (Å²) in [6.07, 6.45) is 7.39. The Morgan fingerprint density at radius 1 is 0.250 bits per heavy atom. The fourth-order valence-corrected chi connectivity index (χ4v) is 8.22. The molecule has 11 rings (SSSR count). The van der Waals surface area contributed by atoms with Crippen LogP contribution in [0.15, 0.2) is 170 Å². The molecular formula is C48H28N4. The number of aromatic nitrogens is 4. The largest absolute Gasteiger partial charge is 0.254 e. The molecule has 4 heteroatoms. The third-order valence-electron chi connectivity index (χ3n) is 10.6. The Morgan fingerprint density at radius 2 is 0.654 bits per heavy atom. The molecule has 4 nitrogen and oxygen atoms in total. The molecule has 52 heavy (non-hydrogen) atoms. The van der Waals surface area contributed by atoms with E-state index in [0.717, 1.165) is 77.0 Å². The molecule has 0 aliphatic heterocycles. The Bertz CT molecular complexity index is 3080. The molecule has 0 radical (unpaired) electrons. The van der Waals surface area contributed by atoms with Crippen molar-refractivity contribution in [2.75, 3.05) is 0 Å². The molecule has 0 fully saturated rings. The third-order valence-corrected chi connectivity index (χ3v) is 10.6. The van der Waals surface area contributed by atoms with Crippen LogP contribution in [0.25, 0.3) is 109 Å². The fourth-order valence-electron chi connectivity index (χ4n) is 8.22. The lowest BCUT2D eigenvalue weighted by Crippen LogP contribution is -1.92. The van der Waals surface area contributed by atoms with E-state index >= 15 is 0 Å². The summed E-state index contributed by atoms with van der Waals surface area (Å²) in [6, 6.07) is 52.6. The first-order valence-corrected chi connectivity index (χ1v) is 17.5. The number of hydrogen-bond donors (Lipinski definition) is 0. The predicted octanol–water partition coefficient (Wildman–Crippen LogP) is 12.3. The van der Waals surface area contributed by atoms with E-state index in [0.29, 0.717) is 0 Å². The summed E-state index contributed by atoms with van der Waals surface area (Å²) in [4.78, 5) is 19.2. The zero-order valence-corrected chi connectivity index (χ0v) is 28.0. The van der Waals surface area contributed by atoms with E-state index in [1.54, 1.807) is 0 Å². The molecule has 4 heterocycles. The maximum absolute atomic E-state index is 4.84. The lowest BCUT2D eigenvalue weighted by molar-refractivity contribution is 1.37. The van der Waals surface area contributed by atoms with Gasteiger partial charge in [0.15, 0.2) is 0 Å². The zero-order chi connectivity index (χ0) is 34.2. The number of nitrogens with zero attached hydrogens (tertiary/aromatic N) is 4. The summed E-state index contributed by atoms with van der Waals surface area (Å²) >= 11 is 0. The van der Waals surface area contributed by atoms with E-state index in [1.165, 1.54) is 32.3 Å². The molecule has 0 saturated carbocycles. The van der Waals surface area contributed by atoms with Crippen LogP contribution >= 0.6 is 0 Å². The molecule has 0 unspecified atom stereocenters. The van der Waals surface area contributed by atoms with Gasteiger partial charge in [-0.25, -0.2) is 0 Å². The normalized spacial score (nSPS) is 11.8. The molecule has 240 valence electrons. The van der Waals surface area contributed by atoms with Crippen molar-refractivity contribution < 1.29 is 0 Å². The number of fused-ring (bicyclic) bond motifs is 12.